The van der Waals surface area contributed by atoms with E-state index in [1.807, 2.05) is 4.90 Å². The molecular formula is C11H19N3O4S. The Morgan fingerprint density at radius 2 is 2.16 bits per heavy atom. The average Bonchev–Trinajstić information content (AvgIpc) is 2.37. The lowest BCUT2D eigenvalue weighted by molar-refractivity contribution is -0.139. The molecule has 0 aromatic heterocycles. The smallest absolute Gasteiger partial charge is 0.321 e. The summed E-state index contributed by atoms with van der Waals surface area (Å²) in [5.41, 5.74) is 0. The van der Waals surface area contributed by atoms with Crippen LogP contribution in [0.4, 0.5) is 4.79 Å². The Labute approximate surface area is 116 Å². The van der Waals surface area contributed by atoms with Crippen molar-refractivity contribution in [3.05, 3.63) is 0 Å². The van der Waals surface area contributed by atoms with Crippen LogP contribution in [0.15, 0.2) is 0 Å². The molecule has 2 unspecified atom stereocenters. The minimum atomic E-state index is -0.878. The first-order valence-electron chi connectivity index (χ1n) is 6.03. The number of aliphatic carboxylic acids is 1. The van der Waals surface area contributed by atoms with Gasteiger partial charge in [-0.2, -0.15) is 11.8 Å². The molecule has 0 saturated carbocycles. The van der Waals surface area contributed by atoms with Crippen molar-refractivity contribution in [3.63, 3.8) is 0 Å². The third kappa shape index (κ3) is 4.71. The van der Waals surface area contributed by atoms with Crippen LogP contribution in [0.2, 0.25) is 0 Å². The van der Waals surface area contributed by atoms with Crippen molar-refractivity contribution in [2.75, 3.05) is 25.1 Å². The van der Waals surface area contributed by atoms with Crippen LogP contribution in [-0.2, 0) is 9.59 Å². The summed E-state index contributed by atoms with van der Waals surface area (Å²) < 4.78 is 0. The van der Waals surface area contributed by atoms with E-state index in [0.717, 1.165) is 5.75 Å². The number of thioether (sulfide) groups is 1. The number of hydrogen-bond donors (Lipinski definition) is 3. The van der Waals surface area contributed by atoms with Gasteiger partial charge in [-0.15, -0.1) is 0 Å². The van der Waals surface area contributed by atoms with E-state index in [9.17, 15) is 14.4 Å². The fourth-order valence-electron chi connectivity index (χ4n) is 1.98. The van der Waals surface area contributed by atoms with Gasteiger partial charge in [0.25, 0.3) is 0 Å². The van der Waals surface area contributed by atoms with Crippen LogP contribution in [0.1, 0.15) is 13.3 Å². The molecule has 3 N–H and O–H groups in total. The summed E-state index contributed by atoms with van der Waals surface area (Å²) >= 11 is 1.68. The molecule has 1 aliphatic heterocycles. The Kier molecular flexibility index (Phi) is 6.10. The summed E-state index contributed by atoms with van der Waals surface area (Å²) in [6.45, 7) is 2.33. The van der Waals surface area contributed by atoms with Gasteiger partial charge in [0, 0.05) is 31.1 Å². The first-order chi connectivity index (χ1) is 8.95. The van der Waals surface area contributed by atoms with Crippen molar-refractivity contribution >= 4 is 29.7 Å². The van der Waals surface area contributed by atoms with Crippen molar-refractivity contribution in [1.82, 2.24) is 15.5 Å². The van der Waals surface area contributed by atoms with Crippen LogP contribution in [0, 0.1) is 0 Å². The van der Waals surface area contributed by atoms with Gasteiger partial charge >= 0.3 is 12.0 Å². The number of nitrogens with zero attached hydrogens (tertiary/aromatic N) is 1. The largest absolute Gasteiger partial charge is 0.481 e. The highest BCUT2D eigenvalue weighted by Crippen LogP contribution is 2.21. The Morgan fingerprint density at radius 1 is 1.47 bits per heavy atom. The molecule has 1 rings (SSSR count). The number of hydrogen-bond acceptors (Lipinski definition) is 5. The summed E-state index contributed by atoms with van der Waals surface area (Å²) in [6, 6.07) is -1.26. The van der Waals surface area contributed by atoms with Gasteiger partial charge in [-0.3, -0.25) is 19.8 Å². The Balaban J connectivity index is 2.65. The van der Waals surface area contributed by atoms with E-state index in [4.69, 9.17) is 5.11 Å². The predicted molar refractivity (Wildman–Crippen MR) is 72.1 cm³/mol. The molecule has 1 saturated heterocycles. The first-order valence-corrected chi connectivity index (χ1v) is 7.19. The second-order valence-electron chi connectivity index (χ2n) is 4.31. The van der Waals surface area contributed by atoms with E-state index in [1.165, 1.54) is 7.05 Å². The number of carbonyl (C=O) groups is 3. The third-order valence-corrected chi connectivity index (χ3v) is 4.12. The van der Waals surface area contributed by atoms with Gasteiger partial charge < -0.3 is 10.4 Å². The lowest BCUT2D eigenvalue weighted by Crippen LogP contribution is -2.55. The lowest BCUT2D eigenvalue weighted by Gasteiger charge is -2.38. The molecule has 0 aliphatic carbocycles. The van der Waals surface area contributed by atoms with Crippen LogP contribution in [0.25, 0.3) is 0 Å². The maximum Gasteiger partial charge on any atom is 0.321 e. The lowest BCUT2D eigenvalue weighted by atomic mass is 10.1. The minimum Gasteiger partial charge on any atom is -0.481 e. The average molecular weight is 289 g/mol. The molecule has 0 spiro atoms. The monoisotopic (exact) mass is 289 g/mol. The van der Waals surface area contributed by atoms with Gasteiger partial charge in [-0.1, -0.05) is 0 Å². The molecular weight excluding hydrogens is 270 g/mol. The molecule has 7 nitrogen and oxygen atoms in total. The zero-order chi connectivity index (χ0) is 14.4. The molecule has 0 aromatic rings. The molecule has 0 aromatic carbocycles. The molecule has 8 heteroatoms. The van der Waals surface area contributed by atoms with Gasteiger partial charge in [0.05, 0.1) is 12.5 Å². The highest BCUT2D eigenvalue weighted by Gasteiger charge is 2.32. The number of urea groups is 1. The second kappa shape index (κ2) is 7.34. The zero-order valence-electron chi connectivity index (χ0n) is 11.0. The first kappa shape index (κ1) is 15.8. The topological polar surface area (TPSA) is 98.7 Å². The molecule has 1 aliphatic rings. The normalized spacial score (nSPS) is 21.5. The summed E-state index contributed by atoms with van der Waals surface area (Å²) in [5, 5.41) is 13.4. The second-order valence-corrected chi connectivity index (χ2v) is 5.46. The van der Waals surface area contributed by atoms with Gasteiger partial charge in [0.15, 0.2) is 0 Å². The number of carboxylic acids is 1. The van der Waals surface area contributed by atoms with E-state index in [0.29, 0.717) is 12.3 Å². The number of imide groups is 1. The third-order valence-electron chi connectivity index (χ3n) is 3.02. The van der Waals surface area contributed by atoms with Crippen LogP contribution >= 0.6 is 11.8 Å². The van der Waals surface area contributed by atoms with E-state index < -0.39 is 23.9 Å². The zero-order valence-corrected chi connectivity index (χ0v) is 11.8. The fraction of sp³-hybridized carbons (Fsp3) is 0.727. The standard InChI is InChI=1S/C11H19N3O4S/c1-7(10(17)13-11(18)12-2)14-3-4-19-6-8(14)5-9(15)16/h7-8H,3-6H2,1-2H3,(H,15,16)(H2,12,13,17,18). The highest BCUT2D eigenvalue weighted by atomic mass is 32.2. The van der Waals surface area contributed by atoms with Crippen molar-refractivity contribution in [1.29, 1.82) is 0 Å². The van der Waals surface area contributed by atoms with Crippen LogP contribution in [0.3, 0.4) is 0 Å². The quantitative estimate of drug-likeness (QED) is 0.658. The van der Waals surface area contributed by atoms with Gasteiger partial charge in [0.1, 0.15) is 0 Å². The predicted octanol–water partition coefficient (Wildman–Crippen LogP) is -0.277. The molecule has 108 valence electrons. The number of carbonyl (C=O) groups excluding carboxylic acids is 2. The Morgan fingerprint density at radius 3 is 2.74 bits per heavy atom. The van der Waals surface area contributed by atoms with Gasteiger partial charge in [0.2, 0.25) is 5.91 Å². The number of amides is 3. The highest BCUT2D eigenvalue weighted by molar-refractivity contribution is 7.99. The van der Waals surface area contributed by atoms with Crippen molar-refractivity contribution in [3.8, 4) is 0 Å². The molecule has 1 fully saturated rings. The molecule has 2 atom stereocenters. The molecule has 0 bridgehead atoms. The molecule has 1 heterocycles. The van der Waals surface area contributed by atoms with Crippen LogP contribution in [0.5, 0.6) is 0 Å². The molecule has 0 radical (unpaired) electrons. The fourth-order valence-corrected chi connectivity index (χ4v) is 3.07. The summed E-state index contributed by atoms with van der Waals surface area (Å²) in [4.78, 5) is 35.7. The SMILES string of the molecule is CNC(=O)NC(=O)C(C)N1CCSCC1CC(=O)O. The number of carboxylic acid groups (broad SMARTS) is 1. The summed E-state index contributed by atoms with van der Waals surface area (Å²) in [6.07, 6.45) is 0.00456. The Bertz CT molecular complexity index is 364. The van der Waals surface area contributed by atoms with Gasteiger partial charge in [-0.25, -0.2) is 4.79 Å². The number of nitrogens with one attached hydrogen (secondary N) is 2. The number of rotatable bonds is 4. The van der Waals surface area contributed by atoms with Gasteiger partial charge in [-0.05, 0) is 6.92 Å². The van der Waals surface area contributed by atoms with E-state index in [2.05, 4.69) is 10.6 Å². The van der Waals surface area contributed by atoms with Crippen LogP contribution in [-0.4, -0.2) is 65.1 Å². The maximum absolute atomic E-state index is 11.9. The van der Waals surface area contributed by atoms with E-state index in [-0.39, 0.29) is 12.5 Å². The maximum atomic E-state index is 11.9. The van der Waals surface area contributed by atoms with E-state index in [1.54, 1.807) is 18.7 Å². The van der Waals surface area contributed by atoms with Crippen molar-refractivity contribution in [2.45, 2.75) is 25.4 Å². The minimum absolute atomic E-state index is 0.00456. The van der Waals surface area contributed by atoms with Crippen LogP contribution < -0.4 is 10.6 Å². The molecule has 19 heavy (non-hydrogen) atoms. The van der Waals surface area contributed by atoms with Crippen molar-refractivity contribution < 1.29 is 19.5 Å². The Hall–Kier alpha value is -1.28. The summed E-state index contributed by atoms with van der Waals surface area (Å²) in [5.74, 6) is 0.246. The van der Waals surface area contributed by atoms with Crippen molar-refractivity contribution in [2.24, 2.45) is 0 Å². The molecule has 3 amide bonds. The summed E-state index contributed by atoms with van der Waals surface area (Å²) in [7, 11) is 1.43. The van der Waals surface area contributed by atoms with E-state index >= 15 is 0 Å².